The molecule has 4 rings (SSSR count). The normalized spacial score (nSPS) is 17.5. The van der Waals surface area contributed by atoms with Crippen LogP contribution >= 0.6 is 0 Å². The van der Waals surface area contributed by atoms with Crippen LogP contribution in [0.1, 0.15) is 34.6 Å². The second-order valence-electron chi connectivity index (χ2n) is 6.85. The first-order valence-corrected chi connectivity index (χ1v) is 8.94. The maximum absolute atomic E-state index is 12.9. The molecule has 0 spiro atoms. The van der Waals surface area contributed by atoms with E-state index >= 15 is 0 Å². The number of ether oxygens (including phenoxy) is 1. The van der Waals surface area contributed by atoms with Crippen molar-refractivity contribution in [3.8, 4) is 6.01 Å². The van der Waals surface area contributed by atoms with Gasteiger partial charge >= 0.3 is 6.01 Å². The van der Waals surface area contributed by atoms with E-state index in [0.29, 0.717) is 18.1 Å². The van der Waals surface area contributed by atoms with Crippen LogP contribution in [0.15, 0.2) is 36.5 Å². The number of fused-ring (bicyclic) bond motifs is 1. The average molecular weight is 350 g/mol. The number of likely N-dealkylation sites (tertiary alicyclic amines) is 1. The molecule has 0 saturated carbocycles. The fourth-order valence-corrected chi connectivity index (χ4v) is 3.48. The third kappa shape index (κ3) is 3.40. The molecule has 0 bridgehead atoms. The van der Waals surface area contributed by atoms with Gasteiger partial charge in [-0.05, 0) is 57.0 Å². The molecule has 1 fully saturated rings. The number of rotatable bonds is 3. The maximum atomic E-state index is 12.9. The fraction of sp³-hybridized carbons (Fsp3) is 0.350. The van der Waals surface area contributed by atoms with Crippen LogP contribution in [0.5, 0.6) is 6.01 Å². The summed E-state index contributed by atoms with van der Waals surface area (Å²) in [6.45, 7) is 5.16. The molecule has 6 nitrogen and oxygen atoms in total. The first-order valence-electron chi connectivity index (χ1n) is 8.94. The molecular formula is C20H22N4O2. The van der Waals surface area contributed by atoms with Gasteiger partial charge in [0.15, 0.2) is 0 Å². The zero-order chi connectivity index (χ0) is 18.1. The summed E-state index contributed by atoms with van der Waals surface area (Å²) >= 11 is 0. The number of nitrogens with one attached hydrogen (secondary N) is 1. The molecule has 26 heavy (non-hydrogen) atoms. The number of amides is 1. The van der Waals surface area contributed by atoms with Crippen LogP contribution in [-0.4, -0.2) is 45.0 Å². The van der Waals surface area contributed by atoms with Crippen molar-refractivity contribution in [2.75, 3.05) is 13.1 Å². The summed E-state index contributed by atoms with van der Waals surface area (Å²) < 4.78 is 5.97. The lowest BCUT2D eigenvalue weighted by atomic mass is 10.1. The van der Waals surface area contributed by atoms with Gasteiger partial charge in [0.05, 0.1) is 6.54 Å². The Morgan fingerprint density at radius 3 is 2.81 bits per heavy atom. The molecule has 1 aliphatic rings. The summed E-state index contributed by atoms with van der Waals surface area (Å²) in [4.78, 5) is 26.6. The lowest BCUT2D eigenvalue weighted by molar-refractivity contribution is 0.0515. The van der Waals surface area contributed by atoms with Gasteiger partial charge in [-0.25, -0.2) is 9.97 Å². The zero-order valence-corrected chi connectivity index (χ0v) is 15.0. The van der Waals surface area contributed by atoms with E-state index in [0.717, 1.165) is 41.7 Å². The van der Waals surface area contributed by atoms with Crippen molar-refractivity contribution in [2.24, 2.45) is 0 Å². The predicted octanol–water partition coefficient (Wildman–Crippen LogP) is 3.26. The van der Waals surface area contributed by atoms with Crippen molar-refractivity contribution in [3.63, 3.8) is 0 Å². The standard InChI is InChI=1S/C20H22N4O2/c1-13-10-14(2)23-20(22-13)26-17-4-3-9-24(12-17)19(25)16-5-6-18-15(11-16)7-8-21-18/h5-8,10-11,17,21H,3-4,9,12H2,1-2H3. The second kappa shape index (κ2) is 6.78. The molecule has 1 atom stereocenters. The minimum Gasteiger partial charge on any atom is -0.458 e. The van der Waals surface area contributed by atoms with E-state index in [4.69, 9.17) is 4.74 Å². The number of aromatic nitrogens is 3. The molecule has 2 aromatic heterocycles. The molecule has 1 N–H and O–H groups in total. The fourth-order valence-electron chi connectivity index (χ4n) is 3.48. The number of H-pyrrole nitrogens is 1. The van der Waals surface area contributed by atoms with Gasteiger partial charge in [0.1, 0.15) is 6.10 Å². The third-order valence-electron chi connectivity index (χ3n) is 4.70. The van der Waals surface area contributed by atoms with Crippen LogP contribution in [0.25, 0.3) is 10.9 Å². The van der Waals surface area contributed by atoms with Gasteiger partial charge < -0.3 is 14.6 Å². The van der Waals surface area contributed by atoms with Crippen molar-refractivity contribution in [2.45, 2.75) is 32.8 Å². The van der Waals surface area contributed by atoms with Crippen molar-refractivity contribution >= 4 is 16.8 Å². The third-order valence-corrected chi connectivity index (χ3v) is 4.70. The van der Waals surface area contributed by atoms with E-state index in [9.17, 15) is 4.79 Å². The Labute approximate surface area is 152 Å². The minimum absolute atomic E-state index is 0.0442. The molecule has 3 heterocycles. The number of nitrogens with zero attached hydrogens (tertiary/aromatic N) is 3. The highest BCUT2D eigenvalue weighted by atomic mass is 16.5. The number of carbonyl (C=O) groups is 1. The Morgan fingerprint density at radius 2 is 2.00 bits per heavy atom. The Hall–Kier alpha value is -2.89. The largest absolute Gasteiger partial charge is 0.458 e. The Morgan fingerprint density at radius 1 is 1.19 bits per heavy atom. The van der Waals surface area contributed by atoms with Crippen molar-refractivity contribution in [3.05, 3.63) is 53.5 Å². The SMILES string of the molecule is Cc1cc(C)nc(OC2CCCN(C(=O)c3ccc4[nH]ccc4c3)C2)n1. The summed E-state index contributed by atoms with van der Waals surface area (Å²) in [5.41, 5.74) is 3.51. The van der Waals surface area contributed by atoms with E-state index < -0.39 is 0 Å². The molecule has 0 aliphatic carbocycles. The smallest absolute Gasteiger partial charge is 0.317 e. The molecule has 0 radical (unpaired) electrons. The number of aryl methyl sites for hydroxylation is 2. The van der Waals surface area contributed by atoms with E-state index in [1.54, 1.807) is 0 Å². The van der Waals surface area contributed by atoms with Crippen LogP contribution in [-0.2, 0) is 0 Å². The van der Waals surface area contributed by atoms with Gasteiger partial charge in [-0.3, -0.25) is 4.79 Å². The van der Waals surface area contributed by atoms with Crippen molar-refractivity contribution < 1.29 is 9.53 Å². The molecule has 1 aromatic carbocycles. The van der Waals surface area contributed by atoms with Gasteiger partial charge in [-0.2, -0.15) is 0 Å². The Kier molecular flexibility index (Phi) is 4.32. The number of piperidine rings is 1. The molecule has 6 heteroatoms. The number of hydrogen-bond donors (Lipinski definition) is 1. The van der Waals surface area contributed by atoms with Crippen LogP contribution < -0.4 is 4.74 Å². The number of benzene rings is 1. The number of hydrogen-bond acceptors (Lipinski definition) is 4. The Bertz CT molecular complexity index is 930. The topological polar surface area (TPSA) is 71.1 Å². The summed E-state index contributed by atoms with van der Waals surface area (Å²) in [6.07, 6.45) is 3.61. The zero-order valence-electron chi connectivity index (χ0n) is 15.0. The molecular weight excluding hydrogens is 328 g/mol. The highest BCUT2D eigenvalue weighted by molar-refractivity contribution is 5.98. The molecule has 134 valence electrons. The van der Waals surface area contributed by atoms with E-state index in [1.807, 2.05) is 55.3 Å². The summed E-state index contributed by atoms with van der Waals surface area (Å²) in [5.74, 6) is 0.0442. The van der Waals surface area contributed by atoms with Crippen LogP contribution in [0.3, 0.4) is 0 Å². The van der Waals surface area contributed by atoms with Gasteiger partial charge in [-0.15, -0.1) is 0 Å². The monoisotopic (exact) mass is 350 g/mol. The molecule has 1 aliphatic heterocycles. The van der Waals surface area contributed by atoms with Gasteiger partial charge in [0.25, 0.3) is 5.91 Å². The summed E-state index contributed by atoms with van der Waals surface area (Å²) in [6, 6.07) is 10.1. The number of carbonyl (C=O) groups excluding carboxylic acids is 1. The van der Waals surface area contributed by atoms with Crippen LogP contribution in [0.2, 0.25) is 0 Å². The molecule has 1 amide bonds. The second-order valence-corrected chi connectivity index (χ2v) is 6.85. The van der Waals surface area contributed by atoms with Gasteiger partial charge in [0.2, 0.25) is 0 Å². The maximum Gasteiger partial charge on any atom is 0.317 e. The van der Waals surface area contributed by atoms with Crippen molar-refractivity contribution in [1.82, 2.24) is 19.9 Å². The predicted molar refractivity (Wildman–Crippen MR) is 99.4 cm³/mol. The van der Waals surface area contributed by atoms with Gasteiger partial charge in [-0.1, -0.05) is 0 Å². The van der Waals surface area contributed by atoms with Gasteiger partial charge in [0, 0.05) is 40.6 Å². The average Bonchev–Trinajstić information content (AvgIpc) is 3.08. The quantitative estimate of drug-likeness (QED) is 0.787. The van der Waals surface area contributed by atoms with E-state index in [1.165, 1.54) is 0 Å². The van der Waals surface area contributed by atoms with Crippen molar-refractivity contribution in [1.29, 1.82) is 0 Å². The lowest BCUT2D eigenvalue weighted by Gasteiger charge is -2.32. The van der Waals surface area contributed by atoms with Crippen LogP contribution in [0, 0.1) is 13.8 Å². The minimum atomic E-state index is -0.0788. The van der Waals surface area contributed by atoms with E-state index in [-0.39, 0.29) is 12.0 Å². The highest BCUT2D eigenvalue weighted by Gasteiger charge is 2.26. The first-order chi connectivity index (χ1) is 12.6. The molecule has 1 unspecified atom stereocenters. The lowest BCUT2D eigenvalue weighted by Crippen LogP contribution is -2.44. The van der Waals surface area contributed by atoms with E-state index in [2.05, 4.69) is 15.0 Å². The molecule has 1 saturated heterocycles. The van der Waals surface area contributed by atoms with Crippen LogP contribution in [0.4, 0.5) is 0 Å². The summed E-state index contributed by atoms with van der Waals surface area (Å²) in [5, 5.41) is 1.05. The Balaban J connectivity index is 1.47. The number of aromatic amines is 1. The highest BCUT2D eigenvalue weighted by Crippen LogP contribution is 2.20. The first kappa shape index (κ1) is 16.6. The summed E-state index contributed by atoms with van der Waals surface area (Å²) in [7, 11) is 0. The molecule has 3 aromatic rings.